The molecular formula is C12H18N2O5S2. The molecule has 0 aliphatic carbocycles. The maximum absolute atomic E-state index is 11.9. The zero-order valence-electron chi connectivity index (χ0n) is 11.8. The molecule has 0 aliphatic heterocycles. The second-order valence-electron chi connectivity index (χ2n) is 4.81. The van der Waals surface area contributed by atoms with E-state index < -0.39 is 16.0 Å². The van der Waals surface area contributed by atoms with Crippen molar-refractivity contribution in [1.82, 2.24) is 10.0 Å². The van der Waals surface area contributed by atoms with E-state index in [0.29, 0.717) is 12.5 Å². The van der Waals surface area contributed by atoms with Crippen molar-refractivity contribution in [3.63, 3.8) is 0 Å². The number of carboxylic acids is 1. The zero-order valence-corrected chi connectivity index (χ0v) is 13.4. The molecule has 9 heteroatoms. The molecule has 0 saturated heterocycles. The highest BCUT2D eigenvalue weighted by molar-refractivity contribution is 7.91. The van der Waals surface area contributed by atoms with Gasteiger partial charge in [0.15, 0.2) is 0 Å². The van der Waals surface area contributed by atoms with Gasteiger partial charge in [-0.05, 0) is 12.0 Å². The highest BCUT2D eigenvalue weighted by Gasteiger charge is 2.18. The van der Waals surface area contributed by atoms with E-state index >= 15 is 0 Å². The fourth-order valence-electron chi connectivity index (χ4n) is 1.35. The van der Waals surface area contributed by atoms with E-state index in [1.165, 1.54) is 5.38 Å². The normalized spacial score (nSPS) is 11.6. The first kappa shape index (κ1) is 17.6. The summed E-state index contributed by atoms with van der Waals surface area (Å²) in [5.41, 5.74) is -0.0740. The van der Waals surface area contributed by atoms with Crippen LogP contribution in [0.2, 0.25) is 0 Å². The Bertz CT molecular complexity index is 607. The molecule has 118 valence electrons. The van der Waals surface area contributed by atoms with Gasteiger partial charge in [0.25, 0.3) is 0 Å². The summed E-state index contributed by atoms with van der Waals surface area (Å²) in [6.07, 6.45) is 0.0309. The molecule has 1 heterocycles. The van der Waals surface area contributed by atoms with Gasteiger partial charge in [0, 0.05) is 24.9 Å². The molecule has 0 spiro atoms. The second-order valence-corrected chi connectivity index (χ2v) is 7.71. The number of sulfonamides is 1. The smallest absolute Gasteiger partial charge is 0.336 e. The number of amides is 1. The summed E-state index contributed by atoms with van der Waals surface area (Å²) in [5, 5.41) is 12.7. The second kappa shape index (κ2) is 7.53. The van der Waals surface area contributed by atoms with Crippen LogP contribution in [0.5, 0.6) is 0 Å². The van der Waals surface area contributed by atoms with Crippen molar-refractivity contribution in [2.45, 2.75) is 24.5 Å². The predicted molar refractivity (Wildman–Crippen MR) is 78.9 cm³/mol. The quantitative estimate of drug-likeness (QED) is 0.653. The number of hydrogen-bond acceptors (Lipinski definition) is 5. The number of carbonyl (C=O) groups is 2. The molecule has 0 unspecified atom stereocenters. The number of rotatable bonds is 8. The summed E-state index contributed by atoms with van der Waals surface area (Å²) in [7, 11) is -3.77. The molecule has 3 N–H and O–H groups in total. The van der Waals surface area contributed by atoms with Crippen LogP contribution < -0.4 is 10.0 Å². The van der Waals surface area contributed by atoms with Gasteiger partial charge in [0.05, 0.1) is 5.56 Å². The van der Waals surface area contributed by atoms with Gasteiger partial charge in [-0.2, -0.15) is 0 Å². The number of nitrogens with one attached hydrogen (secondary N) is 2. The Morgan fingerprint density at radius 3 is 2.57 bits per heavy atom. The van der Waals surface area contributed by atoms with Gasteiger partial charge in [-0.15, -0.1) is 11.3 Å². The minimum absolute atomic E-state index is 0.0309. The van der Waals surface area contributed by atoms with Gasteiger partial charge in [-0.1, -0.05) is 13.8 Å². The average Bonchev–Trinajstić information content (AvgIpc) is 2.86. The van der Waals surface area contributed by atoms with Crippen LogP contribution in [0.15, 0.2) is 15.7 Å². The number of hydrogen-bond donors (Lipinski definition) is 3. The van der Waals surface area contributed by atoms with Crippen LogP contribution >= 0.6 is 11.3 Å². The first-order valence-corrected chi connectivity index (χ1v) is 8.67. The van der Waals surface area contributed by atoms with Gasteiger partial charge in [-0.25, -0.2) is 17.9 Å². The topological polar surface area (TPSA) is 113 Å². The van der Waals surface area contributed by atoms with Crippen LogP contribution in [0.3, 0.4) is 0 Å². The van der Waals surface area contributed by atoms with E-state index in [0.717, 1.165) is 17.4 Å². The first-order chi connectivity index (χ1) is 9.72. The summed E-state index contributed by atoms with van der Waals surface area (Å²) in [6.45, 7) is 4.42. The number of aromatic carboxylic acids is 1. The molecule has 0 atom stereocenters. The largest absolute Gasteiger partial charge is 0.478 e. The van der Waals surface area contributed by atoms with Crippen LogP contribution in [-0.2, 0) is 14.8 Å². The molecule has 1 aromatic rings. The molecule has 0 aromatic carbocycles. The summed E-state index contributed by atoms with van der Waals surface area (Å²) in [6, 6.07) is 1.09. The van der Waals surface area contributed by atoms with Crippen molar-refractivity contribution in [1.29, 1.82) is 0 Å². The van der Waals surface area contributed by atoms with Crippen molar-refractivity contribution in [3.05, 3.63) is 17.0 Å². The maximum atomic E-state index is 11.9. The predicted octanol–water partition coefficient (Wildman–Crippen LogP) is 0.887. The van der Waals surface area contributed by atoms with E-state index in [1.807, 2.05) is 13.8 Å². The van der Waals surface area contributed by atoms with Crippen LogP contribution in [0.1, 0.15) is 30.6 Å². The van der Waals surface area contributed by atoms with E-state index in [-0.39, 0.29) is 28.6 Å². The average molecular weight is 334 g/mol. The highest BCUT2D eigenvalue weighted by atomic mass is 32.2. The molecule has 0 aliphatic rings. The Morgan fingerprint density at radius 1 is 1.38 bits per heavy atom. The van der Waals surface area contributed by atoms with Crippen molar-refractivity contribution < 1.29 is 23.1 Å². The Hall–Kier alpha value is -1.45. The number of carbonyl (C=O) groups excluding carboxylic acids is 1. The molecule has 0 radical (unpaired) electrons. The molecule has 1 aromatic heterocycles. The van der Waals surface area contributed by atoms with Gasteiger partial charge in [0.1, 0.15) is 4.21 Å². The molecule has 7 nitrogen and oxygen atoms in total. The van der Waals surface area contributed by atoms with Crippen molar-refractivity contribution in [3.8, 4) is 0 Å². The monoisotopic (exact) mass is 334 g/mol. The summed E-state index contributed by atoms with van der Waals surface area (Å²) < 4.78 is 26.0. The summed E-state index contributed by atoms with van der Waals surface area (Å²) in [5.74, 6) is -1.09. The Balaban J connectivity index is 2.49. The summed E-state index contributed by atoms with van der Waals surface area (Å²) >= 11 is 0.826. The molecule has 0 fully saturated rings. The van der Waals surface area contributed by atoms with Crippen LogP contribution in [0, 0.1) is 5.92 Å². The van der Waals surface area contributed by atoms with E-state index in [4.69, 9.17) is 5.11 Å². The number of thiophene rings is 1. The van der Waals surface area contributed by atoms with Gasteiger partial charge in [0.2, 0.25) is 15.9 Å². The van der Waals surface area contributed by atoms with Gasteiger partial charge in [-0.3, -0.25) is 4.79 Å². The van der Waals surface area contributed by atoms with Crippen molar-refractivity contribution in [2.75, 3.05) is 13.1 Å². The fraction of sp³-hybridized carbons (Fsp3) is 0.500. The summed E-state index contributed by atoms with van der Waals surface area (Å²) in [4.78, 5) is 22.2. The number of carboxylic acid groups (broad SMARTS) is 1. The minimum atomic E-state index is -3.77. The molecular weight excluding hydrogens is 316 g/mol. The van der Waals surface area contributed by atoms with Gasteiger partial charge < -0.3 is 10.4 Å². The zero-order chi connectivity index (χ0) is 16.0. The highest BCUT2D eigenvalue weighted by Crippen LogP contribution is 2.19. The first-order valence-electron chi connectivity index (χ1n) is 6.30. The van der Waals surface area contributed by atoms with Crippen molar-refractivity contribution in [2.24, 2.45) is 5.92 Å². The van der Waals surface area contributed by atoms with Crippen LogP contribution in [0.4, 0.5) is 0 Å². The third-order valence-corrected chi connectivity index (χ3v) is 5.34. The van der Waals surface area contributed by atoms with Crippen molar-refractivity contribution >= 4 is 33.2 Å². The Labute approximate surface area is 127 Å². The standard InChI is InChI=1S/C12H18N2O5S2/c1-8(2)6-13-10(15)3-4-14-21(18,19)11-5-9(7-20-11)12(16)17/h5,7-8,14H,3-4,6H2,1-2H3,(H,13,15)(H,16,17). The fourth-order valence-corrected chi connectivity index (χ4v) is 3.58. The van der Waals surface area contributed by atoms with Crippen LogP contribution in [0.25, 0.3) is 0 Å². The molecule has 0 bridgehead atoms. The Morgan fingerprint density at radius 2 is 2.05 bits per heavy atom. The van der Waals surface area contributed by atoms with Gasteiger partial charge >= 0.3 is 5.97 Å². The SMILES string of the molecule is CC(C)CNC(=O)CCNS(=O)(=O)c1cc(C(=O)O)cs1. The maximum Gasteiger partial charge on any atom is 0.336 e. The lowest BCUT2D eigenvalue weighted by Gasteiger charge is -2.08. The lowest BCUT2D eigenvalue weighted by atomic mass is 10.2. The molecule has 0 saturated carbocycles. The lowest BCUT2D eigenvalue weighted by molar-refractivity contribution is -0.121. The minimum Gasteiger partial charge on any atom is -0.478 e. The van der Waals surface area contributed by atoms with E-state index in [2.05, 4.69) is 10.0 Å². The van der Waals surface area contributed by atoms with Crippen LogP contribution in [-0.4, -0.2) is 38.5 Å². The third kappa shape index (κ3) is 5.82. The lowest BCUT2D eigenvalue weighted by Crippen LogP contribution is -2.32. The Kier molecular flexibility index (Phi) is 6.31. The third-order valence-electron chi connectivity index (χ3n) is 2.44. The molecule has 21 heavy (non-hydrogen) atoms. The molecule has 1 amide bonds. The van der Waals surface area contributed by atoms with E-state index in [9.17, 15) is 18.0 Å². The molecule has 1 rings (SSSR count). The van der Waals surface area contributed by atoms with E-state index in [1.54, 1.807) is 0 Å².